The number of anilines is 1. The van der Waals surface area contributed by atoms with E-state index in [-0.39, 0.29) is 45.2 Å². The van der Waals surface area contributed by atoms with Crippen LogP contribution >= 0.6 is 0 Å². The molecule has 0 saturated carbocycles. The maximum atomic E-state index is 12.0. The van der Waals surface area contributed by atoms with Crippen molar-refractivity contribution in [3.8, 4) is 0 Å². The van der Waals surface area contributed by atoms with Crippen molar-refractivity contribution in [3.63, 3.8) is 0 Å². The second-order valence-corrected chi connectivity index (χ2v) is 4.17. The summed E-state index contributed by atoms with van der Waals surface area (Å²) in [5.74, 6) is -0.107. The molecule has 5 nitrogen and oxygen atoms in total. The molecule has 0 aliphatic carbocycles. The van der Waals surface area contributed by atoms with Gasteiger partial charge in [-0.15, -0.1) is 6.07 Å². The molecule has 1 aliphatic rings. The van der Waals surface area contributed by atoms with Gasteiger partial charge in [-0.25, -0.2) is 4.79 Å². The largest absolute Gasteiger partial charge is 0.453 e. The summed E-state index contributed by atoms with van der Waals surface area (Å²) >= 11 is 0. The minimum absolute atomic E-state index is 0. The number of rotatable bonds is 1. The summed E-state index contributed by atoms with van der Waals surface area (Å²) in [6.45, 7) is 6.96. The Morgan fingerprint density at radius 3 is 2.43 bits per heavy atom. The van der Waals surface area contributed by atoms with Gasteiger partial charge in [0.1, 0.15) is 6.54 Å². The van der Waals surface area contributed by atoms with Gasteiger partial charge < -0.3 is 9.64 Å². The van der Waals surface area contributed by atoms with E-state index < -0.39 is 6.09 Å². The van der Waals surface area contributed by atoms with Gasteiger partial charge in [0.2, 0.25) is 5.91 Å². The fourth-order valence-electron chi connectivity index (χ4n) is 1.89. The van der Waals surface area contributed by atoms with E-state index in [4.69, 9.17) is 0 Å². The summed E-state index contributed by atoms with van der Waals surface area (Å²) in [6.07, 6.45) is -0.460. The normalized spacial score (nSPS) is 13.8. The van der Waals surface area contributed by atoms with E-state index in [2.05, 4.69) is 10.8 Å². The number of benzene rings is 1. The summed E-state index contributed by atoms with van der Waals surface area (Å²) in [5.41, 5.74) is 1.84. The number of carbonyl (C=O) groups excluding carboxylic acids is 2. The second kappa shape index (κ2) is 9.90. The number of ether oxygens (including phenoxy) is 1. The number of aryl methyl sites for hydroxylation is 1. The van der Waals surface area contributed by atoms with E-state index in [1.54, 1.807) is 11.0 Å². The molecule has 2 amide bonds. The Labute approximate surface area is 151 Å². The van der Waals surface area contributed by atoms with Crippen LogP contribution in [0.15, 0.2) is 18.2 Å². The Morgan fingerprint density at radius 2 is 1.95 bits per heavy atom. The maximum Gasteiger partial charge on any atom is 0.410 e. The van der Waals surface area contributed by atoms with Crippen LogP contribution in [0, 0.1) is 13.0 Å². The number of carbonyl (C=O) groups is 2. The molecule has 1 radical (unpaired) electrons. The van der Waals surface area contributed by atoms with Crippen molar-refractivity contribution in [2.75, 3.05) is 31.6 Å². The second-order valence-electron chi connectivity index (χ2n) is 4.17. The molecular formula is C15H21N2O3Y-. The third kappa shape index (κ3) is 5.40. The van der Waals surface area contributed by atoms with Gasteiger partial charge in [-0.2, -0.15) is 23.8 Å². The fourth-order valence-corrected chi connectivity index (χ4v) is 1.89. The molecule has 0 aromatic heterocycles. The average molecular weight is 366 g/mol. The smallest absolute Gasteiger partial charge is 0.410 e. The first-order valence-corrected chi connectivity index (χ1v) is 6.73. The first kappa shape index (κ1) is 20.1. The van der Waals surface area contributed by atoms with Crippen LogP contribution in [0.25, 0.3) is 0 Å². The van der Waals surface area contributed by atoms with Gasteiger partial charge in [-0.3, -0.25) is 9.69 Å². The number of amides is 2. The van der Waals surface area contributed by atoms with Crippen LogP contribution in [0.4, 0.5) is 10.5 Å². The monoisotopic (exact) mass is 366 g/mol. The zero-order chi connectivity index (χ0) is 15.1. The van der Waals surface area contributed by atoms with E-state index in [0.717, 1.165) is 11.3 Å². The van der Waals surface area contributed by atoms with Gasteiger partial charge in [0, 0.05) is 45.8 Å². The van der Waals surface area contributed by atoms with E-state index in [9.17, 15) is 9.59 Å². The topological polar surface area (TPSA) is 49.9 Å². The van der Waals surface area contributed by atoms with Crippen molar-refractivity contribution in [3.05, 3.63) is 29.8 Å². The van der Waals surface area contributed by atoms with Gasteiger partial charge in [-0.05, 0) is 0 Å². The molecule has 1 fully saturated rings. The Kier molecular flexibility index (Phi) is 9.46. The van der Waals surface area contributed by atoms with E-state index in [0.29, 0.717) is 13.1 Å². The van der Waals surface area contributed by atoms with Gasteiger partial charge in [0.15, 0.2) is 0 Å². The number of hydrogen-bond acceptors (Lipinski definition) is 3. The Hall–Kier alpha value is -0.936. The van der Waals surface area contributed by atoms with Crippen molar-refractivity contribution in [1.82, 2.24) is 4.90 Å². The predicted molar refractivity (Wildman–Crippen MR) is 77.7 cm³/mol. The van der Waals surface area contributed by atoms with Gasteiger partial charge in [-0.1, -0.05) is 26.5 Å². The van der Waals surface area contributed by atoms with Gasteiger partial charge in [0.25, 0.3) is 0 Å². The van der Waals surface area contributed by atoms with Crippen LogP contribution < -0.4 is 4.90 Å². The molecule has 0 spiro atoms. The summed E-state index contributed by atoms with van der Waals surface area (Å²) in [7, 11) is 1.31. The standard InChI is InChI=1S/C13H15N2O3.C2H6.Y/c1-10-3-5-11(6-4-10)15-8-7-14(9-12(15)16)13(17)18-2;1-2;/h3,5-6H,7-9H2,1-2H3;1-2H3;/q-1;;. The number of methoxy groups -OCH3 is 1. The zero-order valence-electron chi connectivity index (χ0n) is 13.0. The van der Waals surface area contributed by atoms with Crippen LogP contribution in [-0.2, 0) is 42.2 Å². The van der Waals surface area contributed by atoms with E-state index in [1.807, 2.05) is 32.9 Å². The minimum atomic E-state index is -0.460. The van der Waals surface area contributed by atoms with E-state index in [1.165, 1.54) is 12.0 Å². The quantitative estimate of drug-likeness (QED) is 0.717. The molecule has 0 unspecified atom stereocenters. The molecule has 0 N–H and O–H groups in total. The molecule has 21 heavy (non-hydrogen) atoms. The Morgan fingerprint density at radius 1 is 1.29 bits per heavy atom. The van der Waals surface area contributed by atoms with Crippen molar-refractivity contribution < 1.29 is 47.0 Å². The molecule has 0 bridgehead atoms. The molecule has 1 aromatic carbocycles. The van der Waals surface area contributed by atoms with Crippen LogP contribution in [0.5, 0.6) is 0 Å². The fraction of sp³-hybridized carbons (Fsp3) is 0.467. The summed E-state index contributed by atoms with van der Waals surface area (Å²) < 4.78 is 4.60. The molecule has 6 heteroatoms. The van der Waals surface area contributed by atoms with Gasteiger partial charge >= 0.3 is 6.09 Å². The summed E-state index contributed by atoms with van der Waals surface area (Å²) in [6, 6.07) is 8.65. The third-order valence-electron chi connectivity index (χ3n) is 2.92. The summed E-state index contributed by atoms with van der Waals surface area (Å²) in [5, 5.41) is 0. The molecular weight excluding hydrogens is 345 g/mol. The van der Waals surface area contributed by atoms with Crippen LogP contribution in [0.2, 0.25) is 0 Å². The SMILES string of the molecule is CC.COC(=O)N1CCN(c2c[c-]c(C)cc2)C(=O)C1.[Y]. The van der Waals surface area contributed by atoms with Crippen molar-refractivity contribution in [2.45, 2.75) is 20.8 Å². The first-order valence-electron chi connectivity index (χ1n) is 6.73. The molecule has 2 rings (SSSR count). The number of nitrogens with zero attached hydrogens (tertiary/aromatic N) is 2. The van der Waals surface area contributed by atoms with Crippen molar-refractivity contribution >= 4 is 17.7 Å². The third-order valence-corrected chi connectivity index (χ3v) is 2.92. The maximum absolute atomic E-state index is 12.0. The Bertz CT molecular complexity index is 462. The van der Waals surface area contributed by atoms with Crippen LogP contribution in [0.1, 0.15) is 19.4 Å². The van der Waals surface area contributed by atoms with Crippen molar-refractivity contribution in [2.24, 2.45) is 0 Å². The van der Waals surface area contributed by atoms with Crippen molar-refractivity contribution in [1.29, 1.82) is 0 Å². The molecule has 0 atom stereocenters. The zero-order valence-corrected chi connectivity index (χ0v) is 15.9. The molecule has 113 valence electrons. The van der Waals surface area contributed by atoms with Gasteiger partial charge in [0.05, 0.1) is 7.11 Å². The number of hydrogen-bond donors (Lipinski definition) is 0. The number of piperazine rings is 1. The molecule has 1 aromatic rings. The first-order chi connectivity index (χ1) is 9.61. The average Bonchev–Trinajstić information content (AvgIpc) is 2.49. The van der Waals surface area contributed by atoms with E-state index >= 15 is 0 Å². The summed E-state index contributed by atoms with van der Waals surface area (Å²) in [4.78, 5) is 26.4. The Balaban J connectivity index is 0.00000128. The molecule has 1 saturated heterocycles. The predicted octanol–water partition coefficient (Wildman–Crippen LogP) is 2.23. The minimum Gasteiger partial charge on any atom is -0.453 e. The molecule has 1 heterocycles. The van der Waals surface area contributed by atoms with Crippen LogP contribution in [-0.4, -0.2) is 43.6 Å². The molecule has 1 aliphatic heterocycles. The van der Waals surface area contributed by atoms with Crippen LogP contribution in [0.3, 0.4) is 0 Å².